The van der Waals surface area contributed by atoms with Crippen molar-refractivity contribution >= 4 is 5.91 Å². The average Bonchev–Trinajstić information content (AvgIpc) is 2.40. The van der Waals surface area contributed by atoms with Crippen molar-refractivity contribution in [1.82, 2.24) is 9.88 Å². The van der Waals surface area contributed by atoms with Crippen LogP contribution in [0.1, 0.15) is 38.1 Å². The van der Waals surface area contributed by atoms with Crippen LogP contribution in [0.3, 0.4) is 0 Å². The summed E-state index contributed by atoms with van der Waals surface area (Å²) in [5.41, 5.74) is 1.03. The number of nitriles is 1. The number of hydrogen-bond acceptors (Lipinski definition) is 3. The van der Waals surface area contributed by atoms with Crippen LogP contribution in [0.5, 0.6) is 0 Å². The maximum Gasteiger partial charge on any atom is 0.243 e. The Morgan fingerprint density at radius 1 is 1.55 bits per heavy atom. The summed E-state index contributed by atoms with van der Waals surface area (Å²) in [5.74, 6) is 0.429. The van der Waals surface area contributed by atoms with Crippen LogP contribution in [0.4, 0.5) is 0 Å². The second-order valence-corrected chi connectivity index (χ2v) is 5.80. The summed E-state index contributed by atoms with van der Waals surface area (Å²) >= 11 is 0. The summed E-state index contributed by atoms with van der Waals surface area (Å²) < 4.78 is 0. The Bertz CT molecular complexity index is 541. The smallest absolute Gasteiger partial charge is 0.243 e. The van der Waals surface area contributed by atoms with E-state index in [0.29, 0.717) is 31.8 Å². The van der Waals surface area contributed by atoms with Crippen LogP contribution in [0.25, 0.3) is 0 Å². The molecule has 0 radical (unpaired) electrons. The van der Waals surface area contributed by atoms with Gasteiger partial charge < -0.3 is 4.90 Å². The molecule has 1 aromatic rings. The van der Waals surface area contributed by atoms with Crippen LogP contribution in [0.15, 0.2) is 18.2 Å². The Labute approximate surface area is 120 Å². The molecule has 1 aliphatic rings. The molecule has 106 valence electrons. The lowest BCUT2D eigenvalue weighted by atomic mass is 9.62. The lowest BCUT2D eigenvalue weighted by Gasteiger charge is -2.42. The van der Waals surface area contributed by atoms with Crippen molar-refractivity contribution in [3.8, 4) is 6.07 Å². The topological polar surface area (TPSA) is 57.0 Å². The number of pyridine rings is 1. The van der Waals surface area contributed by atoms with Gasteiger partial charge in [-0.2, -0.15) is 5.26 Å². The summed E-state index contributed by atoms with van der Waals surface area (Å²) in [6, 6.07) is 8.05. The van der Waals surface area contributed by atoms with Crippen molar-refractivity contribution in [3.63, 3.8) is 0 Å². The Kier molecular flexibility index (Phi) is 4.08. The van der Waals surface area contributed by atoms with Crippen molar-refractivity contribution in [3.05, 3.63) is 29.6 Å². The van der Waals surface area contributed by atoms with Gasteiger partial charge >= 0.3 is 0 Å². The molecule has 0 bridgehead atoms. The van der Waals surface area contributed by atoms with E-state index in [2.05, 4.69) is 18.0 Å². The van der Waals surface area contributed by atoms with E-state index in [1.54, 1.807) is 4.90 Å². The number of rotatable bonds is 4. The molecular weight excluding hydrogens is 250 g/mol. The number of aromatic nitrogens is 1. The van der Waals surface area contributed by atoms with Gasteiger partial charge in [-0.15, -0.1) is 0 Å². The molecule has 0 aromatic carbocycles. The third-order valence-corrected chi connectivity index (χ3v) is 3.99. The monoisotopic (exact) mass is 271 g/mol. The van der Waals surface area contributed by atoms with E-state index in [-0.39, 0.29) is 5.91 Å². The number of carbonyl (C=O) groups excluding carboxylic acids is 1. The molecular formula is C16H21N3O. The van der Waals surface area contributed by atoms with E-state index in [1.165, 1.54) is 0 Å². The molecule has 0 spiro atoms. The van der Waals surface area contributed by atoms with Gasteiger partial charge in [-0.25, -0.2) is 0 Å². The first-order chi connectivity index (χ1) is 9.50. The summed E-state index contributed by atoms with van der Waals surface area (Å²) in [7, 11) is 0. The zero-order valence-electron chi connectivity index (χ0n) is 12.4. The molecule has 1 aromatic heterocycles. The third kappa shape index (κ3) is 2.67. The molecule has 1 fully saturated rings. The molecule has 0 N–H and O–H groups in total. The van der Waals surface area contributed by atoms with Gasteiger partial charge in [0.1, 0.15) is 5.41 Å². The number of aryl methyl sites for hydroxylation is 1. The SMILES string of the molecule is CCN(Cc1cccc(C)n1)C(=O)C1(C#N)CC(C)C1. The molecule has 1 amide bonds. The van der Waals surface area contributed by atoms with Gasteiger partial charge in [-0.05, 0) is 44.7 Å². The van der Waals surface area contributed by atoms with Gasteiger partial charge in [0, 0.05) is 12.2 Å². The molecule has 1 heterocycles. The zero-order valence-corrected chi connectivity index (χ0v) is 12.4. The minimum absolute atomic E-state index is 0.0380. The molecule has 0 saturated heterocycles. The van der Waals surface area contributed by atoms with Gasteiger partial charge in [-0.3, -0.25) is 9.78 Å². The summed E-state index contributed by atoms with van der Waals surface area (Å²) in [6.07, 6.45) is 1.36. The lowest BCUT2D eigenvalue weighted by molar-refractivity contribution is -0.145. The fraction of sp³-hybridized carbons (Fsp3) is 0.562. The second-order valence-electron chi connectivity index (χ2n) is 5.80. The van der Waals surface area contributed by atoms with Crippen molar-refractivity contribution < 1.29 is 4.79 Å². The molecule has 0 unspecified atom stereocenters. The Morgan fingerprint density at radius 3 is 2.75 bits per heavy atom. The minimum Gasteiger partial charge on any atom is -0.336 e. The molecule has 20 heavy (non-hydrogen) atoms. The largest absolute Gasteiger partial charge is 0.336 e. The van der Waals surface area contributed by atoms with E-state index in [4.69, 9.17) is 0 Å². The Hall–Kier alpha value is -1.89. The van der Waals surface area contributed by atoms with Crippen molar-refractivity contribution in [2.75, 3.05) is 6.54 Å². The number of hydrogen-bond donors (Lipinski definition) is 0. The van der Waals surface area contributed by atoms with Gasteiger partial charge in [0.05, 0.1) is 18.3 Å². The molecule has 4 heteroatoms. The fourth-order valence-corrected chi connectivity index (χ4v) is 2.96. The van der Waals surface area contributed by atoms with Gasteiger partial charge in [0.25, 0.3) is 0 Å². The predicted octanol–water partition coefficient (Wildman–Crippen LogP) is 2.68. The minimum atomic E-state index is -0.792. The van der Waals surface area contributed by atoms with Gasteiger partial charge in [0.2, 0.25) is 5.91 Å². The highest BCUT2D eigenvalue weighted by molar-refractivity contribution is 5.86. The fourth-order valence-electron chi connectivity index (χ4n) is 2.96. The highest BCUT2D eigenvalue weighted by atomic mass is 16.2. The van der Waals surface area contributed by atoms with Crippen molar-refractivity contribution in [2.45, 2.75) is 40.2 Å². The normalized spacial score (nSPS) is 24.6. The predicted molar refractivity (Wildman–Crippen MR) is 76.5 cm³/mol. The van der Waals surface area contributed by atoms with E-state index in [9.17, 15) is 10.1 Å². The van der Waals surface area contributed by atoms with Crippen molar-refractivity contribution in [2.24, 2.45) is 11.3 Å². The van der Waals surface area contributed by atoms with Gasteiger partial charge in [-0.1, -0.05) is 13.0 Å². The molecule has 4 nitrogen and oxygen atoms in total. The highest BCUT2D eigenvalue weighted by Crippen LogP contribution is 2.46. The lowest BCUT2D eigenvalue weighted by Crippen LogP contribution is -2.49. The van der Waals surface area contributed by atoms with Crippen LogP contribution < -0.4 is 0 Å². The van der Waals surface area contributed by atoms with Crippen LogP contribution in [0, 0.1) is 29.6 Å². The average molecular weight is 271 g/mol. The third-order valence-electron chi connectivity index (χ3n) is 3.99. The quantitative estimate of drug-likeness (QED) is 0.846. The molecule has 1 saturated carbocycles. The second kappa shape index (κ2) is 5.62. The van der Waals surface area contributed by atoms with E-state index < -0.39 is 5.41 Å². The molecule has 0 aliphatic heterocycles. The van der Waals surface area contributed by atoms with Gasteiger partial charge in [0.15, 0.2) is 0 Å². The van der Waals surface area contributed by atoms with Crippen LogP contribution in [-0.2, 0) is 11.3 Å². The first kappa shape index (κ1) is 14.5. The van der Waals surface area contributed by atoms with Crippen LogP contribution in [0.2, 0.25) is 0 Å². The number of amides is 1. The Balaban J connectivity index is 2.13. The van der Waals surface area contributed by atoms with E-state index >= 15 is 0 Å². The molecule has 0 atom stereocenters. The summed E-state index contributed by atoms with van der Waals surface area (Å²) in [6.45, 7) is 7.05. The number of carbonyl (C=O) groups is 1. The number of nitrogens with zero attached hydrogens (tertiary/aromatic N) is 3. The van der Waals surface area contributed by atoms with Crippen LogP contribution in [-0.4, -0.2) is 22.3 Å². The van der Waals surface area contributed by atoms with Crippen molar-refractivity contribution in [1.29, 1.82) is 5.26 Å². The zero-order chi connectivity index (χ0) is 14.8. The Morgan fingerprint density at radius 2 is 2.25 bits per heavy atom. The highest BCUT2D eigenvalue weighted by Gasteiger charge is 2.50. The van der Waals surface area contributed by atoms with Crippen LogP contribution >= 0.6 is 0 Å². The summed E-state index contributed by atoms with van der Waals surface area (Å²) in [4.78, 5) is 18.8. The maximum absolute atomic E-state index is 12.6. The van der Waals surface area contributed by atoms with E-state index in [0.717, 1.165) is 11.4 Å². The summed E-state index contributed by atoms with van der Waals surface area (Å²) in [5, 5.41) is 9.37. The first-order valence-corrected chi connectivity index (χ1v) is 7.14. The molecule has 2 rings (SSSR count). The standard InChI is InChI=1S/C16H21N3O/c1-4-19(10-14-7-5-6-13(3)18-14)15(20)16(11-17)8-12(2)9-16/h5-7,12H,4,8-10H2,1-3H3. The molecule has 1 aliphatic carbocycles. The first-order valence-electron chi connectivity index (χ1n) is 7.14. The van der Waals surface area contributed by atoms with E-state index in [1.807, 2.05) is 32.0 Å². The maximum atomic E-state index is 12.6.